The van der Waals surface area contributed by atoms with Crippen molar-refractivity contribution < 1.29 is 5.11 Å². The molecule has 88 valence electrons. The lowest BCUT2D eigenvalue weighted by Gasteiger charge is -2.22. The first-order valence-electron chi connectivity index (χ1n) is 5.69. The van der Waals surface area contributed by atoms with Gasteiger partial charge in [-0.05, 0) is 23.6 Å². The van der Waals surface area contributed by atoms with Crippen LogP contribution in [0.15, 0.2) is 54.6 Å². The maximum absolute atomic E-state index is 9.21. The third kappa shape index (κ3) is 2.54. The van der Waals surface area contributed by atoms with Crippen LogP contribution in [0.5, 0.6) is 0 Å². The van der Waals surface area contributed by atoms with Crippen LogP contribution in [0, 0.1) is 0 Å². The minimum atomic E-state index is -0.671. The summed E-state index contributed by atoms with van der Waals surface area (Å²) in [6.45, 7) is 1.77. The molecular weight excluding hydrogens is 210 g/mol. The van der Waals surface area contributed by atoms with E-state index in [9.17, 15) is 5.11 Å². The van der Waals surface area contributed by atoms with E-state index >= 15 is 0 Å². The highest BCUT2D eigenvalue weighted by Gasteiger charge is 2.19. The molecule has 2 aromatic carbocycles. The molecule has 0 heterocycles. The number of hydrogen-bond donors (Lipinski definition) is 2. The lowest BCUT2D eigenvalue weighted by Crippen LogP contribution is -2.36. The standard InChI is InChI=1S/C15H17NO/c1-15(16,11-17)14-9-7-13(8-10-14)12-5-3-2-4-6-12/h2-10,17H,11,16H2,1H3. The van der Waals surface area contributed by atoms with Crippen molar-refractivity contribution in [1.82, 2.24) is 0 Å². The second-order valence-corrected chi connectivity index (χ2v) is 4.52. The normalized spacial score (nSPS) is 14.3. The first kappa shape index (κ1) is 11.8. The summed E-state index contributed by atoms with van der Waals surface area (Å²) in [5, 5.41) is 9.21. The van der Waals surface area contributed by atoms with E-state index in [-0.39, 0.29) is 6.61 Å². The fourth-order valence-electron chi connectivity index (χ4n) is 1.77. The molecule has 1 atom stereocenters. The van der Waals surface area contributed by atoms with Crippen molar-refractivity contribution in [2.45, 2.75) is 12.5 Å². The maximum atomic E-state index is 9.21. The Hall–Kier alpha value is -1.64. The van der Waals surface area contributed by atoms with Crippen LogP contribution in [0.4, 0.5) is 0 Å². The van der Waals surface area contributed by atoms with Crippen LogP contribution in [0.25, 0.3) is 11.1 Å². The Morgan fingerprint density at radius 1 is 0.941 bits per heavy atom. The summed E-state index contributed by atoms with van der Waals surface area (Å²) >= 11 is 0. The predicted molar refractivity (Wildman–Crippen MR) is 70.5 cm³/mol. The Bertz CT molecular complexity index is 474. The summed E-state index contributed by atoms with van der Waals surface area (Å²) in [4.78, 5) is 0. The number of hydrogen-bond acceptors (Lipinski definition) is 2. The van der Waals surface area contributed by atoms with Crippen LogP contribution in [0.1, 0.15) is 12.5 Å². The highest BCUT2D eigenvalue weighted by Crippen LogP contribution is 2.23. The summed E-state index contributed by atoms with van der Waals surface area (Å²) < 4.78 is 0. The zero-order valence-electron chi connectivity index (χ0n) is 9.93. The second-order valence-electron chi connectivity index (χ2n) is 4.52. The Morgan fingerprint density at radius 3 is 2.00 bits per heavy atom. The van der Waals surface area contributed by atoms with E-state index in [4.69, 9.17) is 5.73 Å². The van der Waals surface area contributed by atoms with E-state index in [1.807, 2.05) is 49.4 Å². The van der Waals surface area contributed by atoms with Gasteiger partial charge in [-0.15, -0.1) is 0 Å². The van der Waals surface area contributed by atoms with Gasteiger partial charge in [-0.1, -0.05) is 54.6 Å². The van der Waals surface area contributed by atoms with Gasteiger partial charge >= 0.3 is 0 Å². The zero-order chi connectivity index (χ0) is 12.3. The lowest BCUT2D eigenvalue weighted by atomic mass is 9.92. The van der Waals surface area contributed by atoms with Crippen molar-refractivity contribution >= 4 is 0 Å². The van der Waals surface area contributed by atoms with Crippen molar-refractivity contribution in [3.05, 3.63) is 60.2 Å². The summed E-state index contributed by atoms with van der Waals surface area (Å²) in [6.07, 6.45) is 0. The van der Waals surface area contributed by atoms with Crippen molar-refractivity contribution in [3.8, 4) is 11.1 Å². The van der Waals surface area contributed by atoms with Gasteiger partial charge in [0.15, 0.2) is 0 Å². The molecule has 0 bridgehead atoms. The molecule has 2 rings (SSSR count). The van der Waals surface area contributed by atoms with Crippen LogP contribution in [0.3, 0.4) is 0 Å². The summed E-state index contributed by atoms with van der Waals surface area (Å²) in [6, 6.07) is 18.2. The minimum Gasteiger partial charge on any atom is -0.394 e. The average Bonchev–Trinajstić information content (AvgIpc) is 2.40. The lowest BCUT2D eigenvalue weighted by molar-refractivity contribution is 0.210. The molecule has 0 aliphatic rings. The van der Waals surface area contributed by atoms with Crippen LogP contribution < -0.4 is 5.73 Å². The fourth-order valence-corrected chi connectivity index (χ4v) is 1.77. The summed E-state index contributed by atoms with van der Waals surface area (Å²) in [5.74, 6) is 0. The average molecular weight is 227 g/mol. The minimum absolute atomic E-state index is 0.0579. The number of aliphatic hydroxyl groups excluding tert-OH is 1. The van der Waals surface area contributed by atoms with Crippen LogP contribution >= 0.6 is 0 Å². The van der Waals surface area contributed by atoms with Crippen LogP contribution in [-0.2, 0) is 5.54 Å². The highest BCUT2D eigenvalue weighted by atomic mass is 16.3. The number of benzene rings is 2. The number of nitrogens with two attached hydrogens (primary N) is 1. The van der Waals surface area contributed by atoms with Crippen LogP contribution in [0.2, 0.25) is 0 Å². The van der Waals surface area contributed by atoms with Crippen molar-refractivity contribution in [2.75, 3.05) is 6.61 Å². The SMILES string of the molecule is CC(N)(CO)c1ccc(-c2ccccc2)cc1. The first-order valence-corrected chi connectivity index (χ1v) is 5.69. The molecule has 0 amide bonds. The molecule has 2 heteroatoms. The molecule has 0 aliphatic heterocycles. The van der Waals surface area contributed by atoms with E-state index < -0.39 is 5.54 Å². The molecule has 2 nitrogen and oxygen atoms in total. The van der Waals surface area contributed by atoms with Gasteiger partial charge in [0, 0.05) is 0 Å². The molecule has 0 fully saturated rings. The van der Waals surface area contributed by atoms with Gasteiger partial charge in [0.2, 0.25) is 0 Å². The van der Waals surface area contributed by atoms with E-state index in [2.05, 4.69) is 12.1 Å². The molecule has 0 spiro atoms. The second kappa shape index (κ2) is 4.70. The molecule has 0 aromatic heterocycles. The third-order valence-electron chi connectivity index (χ3n) is 2.98. The number of aliphatic hydroxyl groups is 1. The maximum Gasteiger partial charge on any atom is 0.0650 e. The Kier molecular flexibility index (Phi) is 3.27. The molecule has 0 aliphatic carbocycles. The molecule has 0 saturated carbocycles. The van der Waals surface area contributed by atoms with Gasteiger partial charge in [-0.25, -0.2) is 0 Å². The largest absolute Gasteiger partial charge is 0.394 e. The summed E-state index contributed by atoms with van der Waals surface area (Å²) in [5.41, 5.74) is 8.59. The molecule has 1 unspecified atom stereocenters. The van der Waals surface area contributed by atoms with Gasteiger partial charge in [0.05, 0.1) is 12.1 Å². The van der Waals surface area contributed by atoms with Crippen molar-refractivity contribution in [1.29, 1.82) is 0 Å². The van der Waals surface area contributed by atoms with E-state index in [1.165, 1.54) is 5.56 Å². The fraction of sp³-hybridized carbons (Fsp3) is 0.200. The van der Waals surface area contributed by atoms with Crippen molar-refractivity contribution in [2.24, 2.45) is 5.73 Å². The predicted octanol–water partition coefficient (Wildman–Crippen LogP) is 2.52. The molecule has 17 heavy (non-hydrogen) atoms. The molecule has 0 radical (unpaired) electrons. The third-order valence-corrected chi connectivity index (χ3v) is 2.98. The first-order chi connectivity index (χ1) is 8.13. The van der Waals surface area contributed by atoms with E-state index in [0.29, 0.717) is 0 Å². The van der Waals surface area contributed by atoms with Gasteiger partial charge in [-0.3, -0.25) is 0 Å². The van der Waals surface area contributed by atoms with Gasteiger partial charge in [-0.2, -0.15) is 0 Å². The molecule has 3 N–H and O–H groups in total. The topological polar surface area (TPSA) is 46.2 Å². The molecule has 2 aromatic rings. The van der Waals surface area contributed by atoms with Gasteiger partial charge in [0.25, 0.3) is 0 Å². The zero-order valence-corrected chi connectivity index (χ0v) is 9.93. The van der Waals surface area contributed by atoms with Gasteiger partial charge in [0.1, 0.15) is 0 Å². The number of rotatable bonds is 3. The van der Waals surface area contributed by atoms with Crippen LogP contribution in [-0.4, -0.2) is 11.7 Å². The smallest absolute Gasteiger partial charge is 0.0650 e. The Labute approximate surface area is 102 Å². The quantitative estimate of drug-likeness (QED) is 0.846. The Balaban J connectivity index is 2.31. The monoisotopic (exact) mass is 227 g/mol. The van der Waals surface area contributed by atoms with E-state index in [1.54, 1.807) is 0 Å². The Morgan fingerprint density at radius 2 is 1.47 bits per heavy atom. The molecular formula is C15H17NO. The molecule has 0 saturated heterocycles. The van der Waals surface area contributed by atoms with Crippen molar-refractivity contribution in [3.63, 3.8) is 0 Å². The van der Waals surface area contributed by atoms with Gasteiger partial charge < -0.3 is 10.8 Å². The highest BCUT2D eigenvalue weighted by molar-refractivity contribution is 5.63. The summed E-state index contributed by atoms with van der Waals surface area (Å²) in [7, 11) is 0. The van der Waals surface area contributed by atoms with E-state index in [0.717, 1.165) is 11.1 Å².